The van der Waals surface area contributed by atoms with E-state index in [-0.39, 0.29) is 18.0 Å². The molecule has 3 amide bonds. The van der Waals surface area contributed by atoms with Crippen LogP contribution in [0.3, 0.4) is 0 Å². The predicted octanol–water partition coefficient (Wildman–Crippen LogP) is 3.40. The summed E-state index contributed by atoms with van der Waals surface area (Å²) >= 11 is 0. The first-order chi connectivity index (χ1) is 12.0. The number of anilines is 1. The minimum absolute atomic E-state index is 0.0928. The van der Waals surface area contributed by atoms with Crippen LogP contribution in [0, 0.1) is 6.92 Å². The molecule has 2 aromatic carbocycles. The summed E-state index contributed by atoms with van der Waals surface area (Å²) in [7, 11) is 0. The largest absolute Gasteiger partial charge is 0.341 e. The molecule has 1 fully saturated rings. The average Bonchev–Trinajstić information content (AvgIpc) is 2.95. The monoisotopic (exact) mass is 337 g/mol. The number of carbonyl (C=O) groups excluding carboxylic acids is 2. The molecule has 2 aromatic rings. The summed E-state index contributed by atoms with van der Waals surface area (Å²) in [6.07, 6.45) is 0.369. The van der Waals surface area contributed by atoms with Crippen LogP contribution in [0.1, 0.15) is 18.9 Å². The van der Waals surface area contributed by atoms with E-state index in [9.17, 15) is 9.59 Å². The Hall–Kier alpha value is -2.82. The molecular formula is C20H23N3O2. The fraction of sp³-hybridized carbons (Fsp3) is 0.300. The lowest BCUT2D eigenvalue weighted by molar-refractivity contribution is -0.127. The topological polar surface area (TPSA) is 61.4 Å². The molecule has 0 saturated carbocycles. The van der Waals surface area contributed by atoms with Gasteiger partial charge in [-0.05, 0) is 37.1 Å². The number of hydrogen-bond donors (Lipinski definition) is 2. The van der Waals surface area contributed by atoms with Crippen molar-refractivity contribution < 1.29 is 9.59 Å². The zero-order chi connectivity index (χ0) is 17.8. The summed E-state index contributed by atoms with van der Waals surface area (Å²) < 4.78 is 0. The third-order valence-electron chi connectivity index (χ3n) is 4.46. The van der Waals surface area contributed by atoms with Gasteiger partial charge in [0.25, 0.3) is 0 Å². The molecule has 1 aliphatic rings. The van der Waals surface area contributed by atoms with Crippen molar-refractivity contribution in [3.05, 3.63) is 54.1 Å². The zero-order valence-corrected chi connectivity index (χ0v) is 14.6. The maximum atomic E-state index is 12.1. The van der Waals surface area contributed by atoms with E-state index in [1.165, 1.54) is 5.56 Å². The Balaban J connectivity index is 1.57. The average molecular weight is 337 g/mol. The predicted molar refractivity (Wildman–Crippen MR) is 99.4 cm³/mol. The summed E-state index contributed by atoms with van der Waals surface area (Å²) in [5.41, 5.74) is 4.20. The van der Waals surface area contributed by atoms with E-state index in [2.05, 4.69) is 41.8 Å². The van der Waals surface area contributed by atoms with Gasteiger partial charge < -0.3 is 15.5 Å². The molecule has 0 bridgehead atoms. The van der Waals surface area contributed by atoms with Crippen LogP contribution in [-0.2, 0) is 4.79 Å². The Morgan fingerprint density at radius 1 is 1.08 bits per heavy atom. The van der Waals surface area contributed by atoms with Crippen LogP contribution in [0.4, 0.5) is 10.5 Å². The van der Waals surface area contributed by atoms with Crippen molar-refractivity contribution in [3.8, 4) is 11.1 Å². The molecule has 1 heterocycles. The van der Waals surface area contributed by atoms with Crippen LogP contribution in [0.15, 0.2) is 48.5 Å². The van der Waals surface area contributed by atoms with E-state index >= 15 is 0 Å². The maximum absolute atomic E-state index is 12.1. The highest BCUT2D eigenvalue weighted by Crippen LogP contribution is 2.22. The lowest BCUT2D eigenvalue weighted by atomic mass is 10.0. The standard InChI is InChI=1S/C20H23N3O2/c1-3-23-13-18(12-19(23)24)22-20(25)21-17-10-8-16(9-11-17)15-6-4-14(2)5-7-15/h4-11,18H,3,12-13H2,1-2H3,(H2,21,22,25)/t18-/m1/s1. The highest BCUT2D eigenvalue weighted by atomic mass is 16.2. The summed E-state index contributed by atoms with van der Waals surface area (Å²) in [4.78, 5) is 25.6. The van der Waals surface area contributed by atoms with Gasteiger partial charge >= 0.3 is 6.03 Å². The Kier molecular flexibility index (Phi) is 5.03. The summed E-state index contributed by atoms with van der Waals surface area (Å²) in [6.45, 7) is 5.26. The van der Waals surface area contributed by atoms with Crippen LogP contribution >= 0.6 is 0 Å². The Labute approximate surface area is 148 Å². The molecule has 25 heavy (non-hydrogen) atoms. The normalized spacial score (nSPS) is 16.8. The quantitative estimate of drug-likeness (QED) is 0.898. The number of hydrogen-bond acceptors (Lipinski definition) is 2. The minimum atomic E-state index is -0.279. The van der Waals surface area contributed by atoms with Gasteiger partial charge in [-0.2, -0.15) is 0 Å². The van der Waals surface area contributed by atoms with Gasteiger partial charge in [0.2, 0.25) is 5.91 Å². The van der Waals surface area contributed by atoms with Crippen molar-refractivity contribution in [2.45, 2.75) is 26.3 Å². The number of urea groups is 1. The number of likely N-dealkylation sites (tertiary alicyclic amines) is 1. The molecule has 3 rings (SSSR count). The fourth-order valence-corrected chi connectivity index (χ4v) is 3.02. The molecule has 1 aliphatic heterocycles. The van der Waals surface area contributed by atoms with Crippen LogP contribution < -0.4 is 10.6 Å². The highest BCUT2D eigenvalue weighted by molar-refractivity contribution is 5.90. The zero-order valence-electron chi connectivity index (χ0n) is 14.6. The second kappa shape index (κ2) is 7.38. The molecule has 0 unspecified atom stereocenters. The number of nitrogens with one attached hydrogen (secondary N) is 2. The van der Waals surface area contributed by atoms with Crippen molar-refractivity contribution in [1.29, 1.82) is 0 Å². The lowest BCUT2D eigenvalue weighted by Gasteiger charge is -2.15. The number of amides is 3. The second-order valence-corrected chi connectivity index (χ2v) is 6.38. The third-order valence-corrected chi connectivity index (χ3v) is 4.46. The van der Waals surface area contributed by atoms with Gasteiger partial charge in [-0.15, -0.1) is 0 Å². The Morgan fingerprint density at radius 2 is 1.68 bits per heavy atom. The number of likely N-dealkylation sites (N-methyl/N-ethyl adjacent to an activating group) is 1. The van der Waals surface area contributed by atoms with Gasteiger partial charge in [-0.25, -0.2) is 4.79 Å². The van der Waals surface area contributed by atoms with Crippen LogP contribution in [0.5, 0.6) is 0 Å². The van der Waals surface area contributed by atoms with Gasteiger partial charge in [-0.3, -0.25) is 4.79 Å². The lowest BCUT2D eigenvalue weighted by Crippen LogP contribution is -2.39. The van der Waals surface area contributed by atoms with Crippen molar-refractivity contribution in [2.24, 2.45) is 0 Å². The number of benzene rings is 2. The van der Waals surface area contributed by atoms with Gasteiger partial charge in [0, 0.05) is 25.2 Å². The summed E-state index contributed by atoms with van der Waals surface area (Å²) in [6, 6.07) is 15.7. The summed E-state index contributed by atoms with van der Waals surface area (Å²) in [5.74, 6) is 0.0928. The van der Waals surface area contributed by atoms with Gasteiger partial charge in [-0.1, -0.05) is 42.0 Å². The number of aryl methyl sites for hydroxylation is 1. The molecule has 0 aliphatic carbocycles. The first-order valence-corrected chi connectivity index (χ1v) is 8.57. The van der Waals surface area contributed by atoms with E-state index in [1.807, 2.05) is 31.2 Å². The molecule has 0 spiro atoms. The molecule has 0 radical (unpaired) electrons. The van der Waals surface area contributed by atoms with Crippen molar-refractivity contribution in [3.63, 3.8) is 0 Å². The molecule has 2 N–H and O–H groups in total. The first kappa shape index (κ1) is 17.0. The first-order valence-electron chi connectivity index (χ1n) is 8.57. The van der Waals surface area contributed by atoms with Crippen LogP contribution in [-0.4, -0.2) is 36.0 Å². The third kappa shape index (κ3) is 4.18. The minimum Gasteiger partial charge on any atom is -0.341 e. The number of carbonyl (C=O) groups is 2. The Morgan fingerprint density at radius 3 is 2.24 bits per heavy atom. The highest BCUT2D eigenvalue weighted by Gasteiger charge is 2.29. The number of nitrogens with zero attached hydrogens (tertiary/aromatic N) is 1. The van der Waals surface area contributed by atoms with E-state index in [1.54, 1.807) is 4.90 Å². The molecule has 130 valence electrons. The SMILES string of the molecule is CCN1C[C@H](NC(=O)Nc2ccc(-c3ccc(C)cc3)cc2)CC1=O. The second-order valence-electron chi connectivity index (χ2n) is 6.38. The summed E-state index contributed by atoms with van der Waals surface area (Å²) in [5, 5.41) is 5.69. The molecule has 0 aromatic heterocycles. The van der Waals surface area contributed by atoms with Crippen molar-refractivity contribution >= 4 is 17.6 Å². The molecule has 5 nitrogen and oxygen atoms in total. The molecule has 1 saturated heterocycles. The van der Waals surface area contributed by atoms with E-state index in [0.717, 1.165) is 16.8 Å². The molecule has 1 atom stereocenters. The fourth-order valence-electron chi connectivity index (χ4n) is 3.02. The van der Waals surface area contributed by atoms with Gasteiger partial charge in [0.15, 0.2) is 0 Å². The van der Waals surface area contributed by atoms with Gasteiger partial charge in [0.05, 0.1) is 6.04 Å². The van der Waals surface area contributed by atoms with Gasteiger partial charge in [0.1, 0.15) is 0 Å². The molecule has 5 heteroatoms. The van der Waals surface area contributed by atoms with E-state index < -0.39 is 0 Å². The van der Waals surface area contributed by atoms with Crippen LogP contribution in [0.2, 0.25) is 0 Å². The maximum Gasteiger partial charge on any atom is 0.319 e. The number of rotatable bonds is 4. The molecular weight excluding hydrogens is 314 g/mol. The van der Waals surface area contributed by atoms with E-state index in [0.29, 0.717) is 19.5 Å². The van der Waals surface area contributed by atoms with E-state index in [4.69, 9.17) is 0 Å². The Bertz CT molecular complexity index is 754. The smallest absolute Gasteiger partial charge is 0.319 e. The van der Waals surface area contributed by atoms with Crippen LogP contribution in [0.25, 0.3) is 11.1 Å². The van der Waals surface area contributed by atoms with Crippen molar-refractivity contribution in [2.75, 3.05) is 18.4 Å². The van der Waals surface area contributed by atoms with Crippen molar-refractivity contribution in [1.82, 2.24) is 10.2 Å².